The van der Waals surface area contributed by atoms with Gasteiger partial charge in [0.15, 0.2) is 0 Å². The van der Waals surface area contributed by atoms with Gasteiger partial charge in [-0.15, -0.1) is 0 Å². The van der Waals surface area contributed by atoms with Crippen molar-refractivity contribution >= 4 is 43.5 Å². The number of amides is 2. The van der Waals surface area contributed by atoms with Gasteiger partial charge in [-0.2, -0.15) is 0 Å². The van der Waals surface area contributed by atoms with Gasteiger partial charge in [-0.3, -0.25) is 13.9 Å². The van der Waals surface area contributed by atoms with Gasteiger partial charge in [0, 0.05) is 24.0 Å². The molecule has 9 heteroatoms. The van der Waals surface area contributed by atoms with Gasteiger partial charge < -0.3 is 10.2 Å². The van der Waals surface area contributed by atoms with Crippen LogP contribution < -0.4 is 9.62 Å². The normalized spacial score (nSPS) is 11.9. The van der Waals surface area contributed by atoms with Gasteiger partial charge in [0.1, 0.15) is 12.6 Å². The van der Waals surface area contributed by atoms with Crippen LogP contribution in [0.3, 0.4) is 0 Å². The van der Waals surface area contributed by atoms with Crippen LogP contribution in [0, 0.1) is 6.92 Å². The van der Waals surface area contributed by atoms with E-state index in [2.05, 4.69) is 21.2 Å². The number of nitrogens with one attached hydrogen (secondary N) is 1. The van der Waals surface area contributed by atoms with Crippen LogP contribution in [0.25, 0.3) is 0 Å². The van der Waals surface area contributed by atoms with Gasteiger partial charge in [0.25, 0.3) is 10.0 Å². The molecule has 1 N–H and O–H groups in total. The Labute approximate surface area is 269 Å². The summed E-state index contributed by atoms with van der Waals surface area (Å²) in [6.07, 6.45) is 1.99. The second kappa shape index (κ2) is 15.7. The number of unbranched alkanes of at least 4 members (excludes halogenated alkanes) is 1. The average Bonchev–Trinajstić information content (AvgIpc) is 3.02. The smallest absolute Gasteiger partial charge is 0.264 e. The summed E-state index contributed by atoms with van der Waals surface area (Å²) < 4.78 is 30.1. The van der Waals surface area contributed by atoms with Crippen molar-refractivity contribution in [2.24, 2.45) is 0 Å². The first-order chi connectivity index (χ1) is 21.2. The summed E-state index contributed by atoms with van der Waals surface area (Å²) in [5.74, 6) is -0.769. The lowest BCUT2D eigenvalue weighted by Gasteiger charge is -2.34. The van der Waals surface area contributed by atoms with Gasteiger partial charge in [-0.05, 0) is 60.9 Å². The highest BCUT2D eigenvalue weighted by Crippen LogP contribution is 2.25. The number of carbonyl (C=O) groups excluding carboxylic acids is 2. The maximum atomic E-state index is 14.4. The van der Waals surface area contributed by atoms with E-state index in [9.17, 15) is 18.0 Å². The Morgan fingerprint density at radius 1 is 0.841 bits per heavy atom. The molecule has 0 unspecified atom stereocenters. The molecule has 0 bridgehead atoms. The molecular formula is C35H38BrN3O4S. The number of para-hydroxylation sites is 1. The summed E-state index contributed by atoms with van der Waals surface area (Å²) in [5.41, 5.74) is 2.97. The minimum atomic E-state index is -4.12. The molecule has 7 nitrogen and oxygen atoms in total. The first kappa shape index (κ1) is 33.0. The number of rotatable bonds is 14. The van der Waals surface area contributed by atoms with Crippen LogP contribution in [0.2, 0.25) is 0 Å². The molecule has 230 valence electrons. The fourth-order valence-electron chi connectivity index (χ4n) is 4.85. The van der Waals surface area contributed by atoms with E-state index < -0.39 is 28.5 Å². The number of carbonyl (C=O) groups is 2. The summed E-state index contributed by atoms with van der Waals surface area (Å²) in [5, 5.41) is 3.01. The fourth-order valence-corrected chi connectivity index (χ4v) is 6.71. The van der Waals surface area contributed by atoms with Crippen molar-refractivity contribution in [2.45, 2.75) is 50.6 Å². The number of hydrogen-bond donors (Lipinski definition) is 1. The molecule has 0 fully saturated rings. The Hall–Kier alpha value is -3.95. The molecule has 4 aromatic rings. The standard InChI is InChI=1S/C35H38BrN3O4S/c1-3-4-22-37-35(41)33(24-28-12-7-5-8-13-28)38(25-29-14-11-15-30(36)23-29)34(40)26-39(31-16-9-6-10-17-31)44(42,43)32-20-18-27(2)19-21-32/h5-21,23,33H,3-4,22,24-26H2,1-2H3,(H,37,41)/t33-/m1/s1. The molecule has 1 atom stereocenters. The van der Waals surface area contributed by atoms with Crippen LogP contribution in [-0.4, -0.2) is 44.3 Å². The molecule has 2 amide bonds. The molecule has 0 radical (unpaired) electrons. The van der Waals surface area contributed by atoms with E-state index in [1.165, 1.54) is 4.90 Å². The highest BCUT2D eigenvalue weighted by molar-refractivity contribution is 9.10. The van der Waals surface area contributed by atoms with Crippen molar-refractivity contribution < 1.29 is 18.0 Å². The van der Waals surface area contributed by atoms with Crippen molar-refractivity contribution in [1.29, 1.82) is 0 Å². The number of sulfonamides is 1. The Balaban J connectivity index is 1.77. The summed E-state index contributed by atoms with van der Waals surface area (Å²) in [6.45, 7) is 4.04. The van der Waals surface area contributed by atoms with Crippen LogP contribution in [-0.2, 0) is 32.6 Å². The van der Waals surface area contributed by atoms with Gasteiger partial charge in [0.05, 0.1) is 10.6 Å². The molecule has 0 aromatic heterocycles. The largest absolute Gasteiger partial charge is 0.354 e. The average molecular weight is 677 g/mol. The predicted molar refractivity (Wildman–Crippen MR) is 179 cm³/mol. The van der Waals surface area contributed by atoms with Crippen LogP contribution >= 0.6 is 15.9 Å². The second-order valence-corrected chi connectivity index (χ2v) is 13.4. The third kappa shape index (κ3) is 8.80. The highest BCUT2D eigenvalue weighted by Gasteiger charge is 2.34. The molecule has 4 aromatic carbocycles. The summed E-state index contributed by atoms with van der Waals surface area (Å²) in [4.78, 5) is 29.8. The maximum Gasteiger partial charge on any atom is 0.264 e. The molecule has 0 spiro atoms. The highest BCUT2D eigenvalue weighted by atomic mass is 79.9. The molecule has 44 heavy (non-hydrogen) atoms. The van der Waals surface area contributed by atoms with Crippen molar-refractivity contribution in [1.82, 2.24) is 10.2 Å². The first-order valence-electron chi connectivity index (χ1n) is 14.7. The van der Waals surface area contributed by atoms with Crippen molar-refractivity contribution in [3.63, 3.8) is 0 Å². The van der Waals surface area contributed by atoms with E-state index in [0.29, 0.717) is 12.2 Å². The molecule has 0 aliphatic heterocycles. The molecule has 0 aliphatic rings. The topological polar surface area (TPSA) is 86.8 Å². The third-order valence-electron chi connectivity index (χ3n) is 7.27. The van der Waals surface area contributed by atoms with Gasteiger partial charge in [-0.1, -0.05) is 108 Å². The van der Waals surface area contributed by atoms with Crippen molar-refractivity contribution in [3.05, 3.63) is 130 Å². The van der Waals surface area contributed by atoms with E-state index >= 15 is 0 Å². The minimum absolute atomic E-state index is 0.0800. The van der Waals surface area contributed by atoms with Crippen LogP contribution in [0.15, 0.2) is 119 Å². The monoisotopic (exact) mass is 675 g/mol. The fraction of sp³-hybridized carbons (Fsp3) is 0.257. The summed E-state index contributed by atoms with van der Waals surface area (Å²) in [7, 11) is -4.12. The molecule has 0 heterocycles. The zero-order valence-electron chi connectivity index (χ0n) is 25.0. The molecule has 0 saturated carbocycles. The molecular weight excluding hydrogens is 638 g/mol. The van der Waals surface area contributed by atoms with E-state index in [1.54, 1.807) is 54.6 Å². The predicted octanol–water partition coefficient (Wildman–Crippen LogP) is 6.51. The second-order valence-electron chi connectivity index (χ2n) is 10.7. The lowest BCUT2D eigenvalue weighted by molar-refractivity contribution is -0.140. The third-order valence-corrected chi connectivity index (χ3v) is 9.56. The molecule has 0 saturated heterocycles. The quantitative estimate of drug-likeness (QED) is 0.154. The zero-order chi connectivity index (χ0) is 31.5. The van der Waals surface area contributed by atoms with Crippen LogP contribution in [0.1, 0.15) is 36.5 Å². The summed E-state index contributed by atoms with van der Waals surface area (Å²) in [6, 6.07) is 31.3. The number of hydrogen-bond acceptors (Lipinski definition) is 4. The lowest BCUT2D eigenvalue weighted by atomic mass is 10.0. The Kier molecular flexibility index (Phi) is 11.7. The number of nitrogens with zero attached hydrogens (tertiary/aromatic N) is 2. The maximum absolute atomic E-state index is 14.4. The summed E-state index contributed by atoms with van der Waals surface area (Å²) >= 11 is 3.51. The zero-order valence-corrected chi connectivity index (χ0v) is 27.4. The Morgan fingerprint density at radius 2 is 1.48 bits per heavy atom. The lowest BCUT2D eigenvalue weighted by Crippen LogP contribution is -2.53. The Morgan fingerprint density at radius 3 is 2.11 bits per heavy atom. The van der Waals surface area contributed by atoms with E-state index in [0.717, 1.165) is 38.3 Å². The van der Waals surface area contributed by atoms with Gasteiger partial charge >= 0.3 is 0 Å². The van der Waals surface area contributed by atoms with Gasteiger partial charge in [0.2, 0.25) is 11.8 Å². The Bertz CT molecular complexity index is 1630. The number of aryl methyl sites for hydroxylation is 1. The number of benzene rings is 4. The first-order valence-corrected chi connectivity index (χ1v) is 16.9. The number of anilines is 1. The number of halogens is 1. The van der Waals surface area contributed by atoms with Crippen molar-refractivity contribution in [2.75, 3.05) is 17.4 Å². The SMILES string of the molecule is CCCCNC(=O)[C@@H](Cc1ccccc1)N(Cc1cccc(Br)c1)C(=O)CN(c1ccccc1)S(=O)(=O)c1ccc(C)cc1. The van der Waals surface area contributed by atoms with Crippen molar-refractivity contribution in [3.8, 4) is 0 Å². The minimum Gasteiger partial charge on any atom is -0.354 e. The van der Waals surface area contributed by atoms with E-state index in [1.807, 2.05) is 68.4 Å². The van der Waals surface area contributed by atoms with E-state index in [4.69, 9.17) is 0 Å². The van der Waals surface area contributed by atoms with Crippen LogP contribution in [0.4, 0.5) is 5.69 Å². The van der Waals surface area contributed by atoms with Crippen LogP contribution in [0.5, 0.6) is 0 Å². The molecule has 0 aliphatic carbocycles. The molecule has 4 rings (SSSR count). The van der Waals surface area contributed by atoms with E-state index in [-0.39, 0.29) is 23.8 Å². The van der Waals surface area contributed by atoms with Gasteiger partial charge in [-0.25, -0.2) is 8.42 Å².